The van der Waals surface area contributed by atoms with Crippen molar-refractivity contribution in [2.45, 2.75) is 19.4 Å². The second kappa shape index (κ2) is 11.3. The first kappa shape index (κ1) is 23.3. The Balaban J connectivity index is 1.76. The van der Waals surface area contributed by atoms with Crippen molar-refractivity contribution < 1.29 is 22.9 Å². The van der Waals surface area contributed by atoms with E-state index in [1.807, 2.05) is 30.3 Å². The third-order valence-corrected chi connectivity index (χ3v) is 5.37. The van der Waals surface area contributed by atoms with Crippen molar-refractivity contribution in [3.8, 4) is 0 Å². The number of nitrogens with one attached hydrogen (secondary N) is 1. The van der Waals surface area contributed by atoms with E-state index in [4.69, 9.17) is 4.74 Å². The zero-order chi connectivity index (χ0) is 22.0. The number of nitro benzene ring substituents is 1. The van der Waals surface area contributed by atoms with Crippen LogP contribution in [0.2, 0.25) is 0 Å². The second-order valence-electron chi connectivity index (χ2n) is 6.60. The van der Waals surface area contributed by atoms with Crippen LogP contribution in [0.15, 0.2) is 54.6 Å². The van der Waals surface area contributed by atoms with Crippen molar-refractivity contribution in [1.29, 1.82) is 0 Å². The van der Waals surface area contributed by atoms with Gasteiger partial charge < -0.3 is 10.1 Å². The lowest BCUT2D eigenvalue weighted by atomic mass is 10.2. The van der Waals surface area contributed by atoms with Gasteiger partial charge in [-0.1, -0.05) is 36.4 Å². The molecule has 0 spiro atoms. The summed E-state index contributed by atoms with van der Waals surface area (Å²) in [4.78, 5) is 22.3. The number of hydrogen-bond acceptors (Lipinski definition) is 6. The number of carbonyl (C=O) groups is 1. The topological polar surface area (TPSA) is 119 Å². The predicted molar refractivity (Wildman–Crippen MR) is 114 cm³/mol. The first-order valence-corrected chi connectivity index (χ1v) is 11.2. The molecule has 0 unspecified atom stereocenters. The fourth-order valence-corrected chi connectivity index (χ4v) is 3.70. The van der Waals surface area contributed by atoms with Crippen LogP contribution in [0.5, 0.6) is 0 Å². The summed E-state index contributed by atoms with van der Waals surface area (Å²) in [6.07, 6.45) is 1.42. The largest absolute Gasteiger partial charge is 0.375 e. The Morgan fingerprint density at radius 3 is 2.57 bits per heavy atom. The molecule has 30 heavy (non-hydrogen) atoms. The second-order valence-corrected chi connectivity index (χ2v) is 8.51. The third-order valence-electron chi connectivity index (χ3n) is 4.17. The number of ether oxygens (including phenoxy) is 1. The molecule has 2 rings (SSSR count). The molecule has 0 atom stereocenters. The summed E-state index contributed by atoms with van der Waals surface area (Å²) in [5.74, 6) is -0.217. The van der Waals surface area contributed by atoms with Crippen molar-refractivity contribution in [1.82, 2.24) is 5.32 Å². The van der Waals surface area contributed by atoms with Gasteiger partial charge >= 0.3 is 0 Å². The molecule has 0 saturated carbocycles. The van der Waals surface area contributed by atoms with Crippen LogP contribution in [0.1, 0.15) is 18.4 Å². The zero-order valence-corrected chi connectivity index (χ0v) is 17.5. The molecule has 162 valence electrons. The summed E-state index contributed by atoms with van der Waals surface area (Å²) < 4.78 is 30.7. The predicted octanol–water partition coefficient (Wildman–Crippen LogP) is 2.47. The number of rotatable bonds is 12. The molecule has 0 bridgehead atoms. The Kier molecular flexibility index (Phi) is 8.75. The standard InChI is InChI=1S/C20H25N3O6S/c1-30(27,28)22(18-9-5-10-19(15-18)23(25)26)13-6-11-20(24)21-12-14-29-16-17-7-3-2-4-8-17/h2-5,7-10,15H,6,11-14,16H2,1H3,(H,21,24). The Bertz CT molecular complexity index is 950. The molecular formula is C20H25N3O6S. The number of amides is 1. The molecule has 0 fully saturated rings. The van der Waals surface area contributed by atoms with Crippen LogP contribution in [0, 0.1) is 10.1 Å². The number of non-ortho nitro benzene ring substituents is 1. The van der Waals surface area contributed by atoms with E-state index in [0.29, 0.717) is 19.8 Å². The summed E-state index contributed by atoms with van der Waals surface area (Å²) in [5.41, 5.74) is 1.04. The van der Waals surface area contributed by atoms with E-state index in [9.17, 15) is 23.3 Å². The Morgan fingerprint density at radius 2 is 1.90 bits per heavy atom. The van der Waals surface area contributed by atoms with E-state index >= 15 is 0 Å². The highest BCUT2D eigenvalue weighted by molar-refractivity contribution is 7.92. The van der Waals surface area contributed by atoms with Crippen LogP contribution in [0.4, 0.5) is 11.4 Å². The molecule has 1 amide bonds. The van der Waals surface area contributed by atoms with Gasteiger partial charge in [0.05, 0.1) is 30.1 Å². The van der Waals surface area contributed by atoms with Gasteiger partial charge in [-0.2, -0.15) is 0 Å². The van der Waals surface area contributed by atoms with Gasteiger partial charge in [-0.25, -0.2) is 8.42 Å². The molecule has 9 nitrogen and oxygen atoms in total. The summed E-state index contributed by atoms with van der Waals surface area (Å²) in [6, 6.07) is 15.1. The van der Waals surface area contributed by atoms with Crippen LogP contribution in [0.25, 0.3) is 0 Å². The fourth-order valence-electron chi connectivity index (χ4n) is 2.75. The van der Waals surface area contributed by atoms with Crippen molar-refractivity contribution >= 4 is 27.3 Å². The zero-order valence-electron chi connectivity index (χ0n) is 16.7. The van der Waals surface area contributed by atoms with Gasteiger partial charge in [-0.05, 0) is 18.1 Å². The molecule has 2 aromatic carbocycles. The molecule has 2 aromatic rings. The minimum Gasteiger partial charge on any atom is -0.375 e. The van der Waals surface area contributed by atoms with Crippen LogP contribution in [-0.4, -0.2) is 45.2 Å². The summed E-state index contributed by atoms with van der Waals surface area (Å²) >= 11 is 0. The van der Waals surface area contributed by atoms with E-state index < -0.39 is 14.9 Å². The summed E-state index contributed by atoms with van der Waals surface area (Å²) in [5, 5.41) is 13.7. The quantitative estimate of drug-likeness (QED) is 0.311. The lowest BCUT2D eigenvalue weighted by Gasteiger charge is -2.22. The summed E-state index contributed by atoms with van der Waals surface area (Å²) in [6.45, 7) is 1.22. The lowest BCUT2D eigenvalue weighted by molar-refractivity contribution is -0.384. The van der Waals surface area contributed by atoms with Crippen LogP contribution in [-0.2, 0) is 26.2 Å². The molecule has 0 aliphatic heterocycles. The number of carbonyl (C=O) groups excluding carboxylic acids is 1. The van der Waals surface area contributed by atoms with Crippen molar-refractivity contribution in [3.05, 3.63) is 70.3 Å². The minimum atomic E-state index is -3.65. The van der Waals surface area contributed by atoms with Crippen molar-refractivity contribution in [2.24, 2.45) is 0 Å². The molecule has 0 aliphatic carbocycles. The molecule has 0 radical (unpaired) electrons. The monoisotopic (exact) mass is 435 g/mol. The number of sulfonamides is 1. The SMILES string of the molecule is CS(=O)(=O)N(CCCC(=O)NCCOCc1ccccc1)c1cccc([N+](=O)[O-])c1. The lowest BCUT2D eigenvalue weighted by Crippen LogP contribution is -2.32. The normalized spacial score (nSPS) is 11.1. The highest BCUT2D eigenvalue weighted by Crippen LogP contribution is 2.23. The van der Waals surface area contributed by atoms with Crippen LogP contribution < -0.4 is 9.62 Å². The average molecular weight is 436 g/mol. The number of nitrogens with zero attached hydrogens (tertiary/aromatic N) is 2. The Labute approximate surface area is 175 Å². The van der Waals surface area contributed by atoms with Gasteiger partial charge in [0.25, 0.3) is 5.69 Å². The smallest absolute Gasteiger partial charge is 0.271 e. The maximum atomic E-state index is 12.1. The van der Waals surface area contributed by atoms with Gasteiger partial charge in [0.1, 0.15) is 0 Å². The number of nitro groups is 1. The van der Waals surface area contributed by atoms with E-state index in [1.165, 1.54) is 24.3 Å². The number of anilines is 1. The van der Waals surface area contributed by atoms with Gasteiger partial charge in [0.2, 0.25) is 15.9 Å². The molecule has 10 heteroatoms. The molecule has 0 saturated heterocycles. The van der Waals surface area contributed by atoms with E-state index in [1.54, 1.807) is 0 Å². The molecular weight excluding hydrogens is 410 g/mol. The molecule has 1 N–H and O–H groups in total. The first-order chi connectivity index (χ1) is 14.3. The van der Waals surface area contributed by atoms with E-state index in [-0.39, 0.29) is 36.7 Å². The van der Waals surface area contributed by atoms with E-state index in [0.717, 1.165) is 16.1 Å². The van der Waals surface area contributed by atoms with Gasteiger partial charge in [-0.3, -0.25) is 19.2 Å². The average Bonchev–Trinajstić information content (AvgIpc) is 2.71. The minimum absolute atomic E-state index is 0.0396. The maximum absolute atomic E-state index is 12.1. The fraction of sp³-hybridized carbons (Fsp3) is 0.350. The maximum Gasteiger partial charge on any atom is 0.271 e. The first-order valence-electron chi connectivity index (χ1n) is 9.38. The summed E-state index contributed by atoms with van der Waals surface area (Å²) in [7, 11) is -3.65. The van der Waals surface area contributed by atoms with Crippen LogP contribution in [0.3, 0.4) is 0 Å². The third kappa shape index (κ3) is 7.80. The molecule has 0 heterocycles. The molecule has 0 aromatic heterocycles. The highest BCUT2D eigenvalue weighted by atomic mass is 32.2. The van der Waals surface area contributed by atoms with Crippen molar-refractivity contribution in [2.75, 3.05) is 30.3 Å². The van der Waals surface area contributed by atoms with Crippen molar-refractivity contribution in [3.63, 3.8) is 0 Å². The van der Waals surface area contributed by atoms with E-state index in [2.05, 4.69) is 5.32 Å². The number of benzene rings is 2. The van der Waals surface area contributed by atoms with Gasteiger partial charge in [-0.15, -0.1) is 0 Å². The number of hydrogen-bond donors (Lipinski definition) is 1. The Hall–Kier alpha value is -2.98. The van der Waals surface area contributed by atoms with Crippen LogP contribution >= 0.6 is 0 Å². The van der Waals surface area contributed by atoms with Gasteiger partial charge in [0.15, 0.2) is 0 Å². The molecule has 0 aliphatic rings. The van der Waals surface area contributed by atoms with Gasteiger partial charge in [0, 0.05) is 31.6 Å². The highest BCUT2D eigenvalue weighted by Gasteiger charge is 2.19. The Morgan fingerprint density at radius 1 is 1.17 bits per heavy atom.